The third-order valence-corrected chi connectivity index (χ3v) is 5.91. The number of carbonyl (C=O) groups excluding carboxylic acids is 1. The van der Waals surface area contributed by atoms with Crippen LogP contribution in [-0.2, 0) is 24.3 Å². The Morgan fingerprint density at radius 3 is 2.54 bits per heavy atom. The fourth-order valence-electron chi connectivity index (χ4n) is 4.07. The highest BCUT2D eigenvalue weighted by Crippen LogP contribution is 2.30. The molecule has 1 N–H and O–H groups in total. The third-order valence-electron chi connectivity index (χ3n) is 5.91. The maximum atomic E-state index is 12.9. The maximum absolute atomic E-state index is 12.9. The molecule has 0 saturated carbocycles. The first-order chi connectivity index (χ1) is 18.0. The van der Waals surface area contributed by atoms with Gasteiger partial charge in [-0.3, -0.25) is 0 Å². The highest BCUT2D eigenvalue weighted by molar-refractivity contribution is 5.87. The number of nitrogens with one attached hydrogen (secondary N) is 1. The molecule has 5 rings (SSSR count). The molecule has 0 spiro atoms. The van der Waals surface area contributed by atoms with Crippen LogP contribution >= 0.6 is 0 Å². The number of tetrazole rings is 1. The second kappa shape index (κ2) is 10.4. The van der Waals surface area contributed by atoms with Crippen molar-refractivity contribution < 1.29 is 18.4 Å². The lowest BCUT2D eigenvalue weighted by Crippen LogP contribution is -2.15. The number of H-pyrrole nitrogens is 1. The Balaban J connectivity index is 1.37. The lowest BCUT2D eigenvalue weighted by Gasteiger charge is -2.13. The van der Waals surface area contributed by atoms with E-state index in [1.165, 1.54) is 6.20 Å². The summed E-state index contributed by atoms with van der Waals surface area (Å²) in [6, 6.07) is 15.9. The number of rotatable bonds is 9. The molecule has 3 aromatic heterocycles. The summed E-state index contributed by atoms with van der Waals surface area (Å²) >= 11 is 0. The summed E-state index contributed by atoms with van der Waals surface area (Å²) in [5.41, 5.74) is 4.16. The SMILES string of the molecule is CCCc1ncc(C(=O)OCc2oc(=O)oc2C)n1Cc1ccc(-c2ccccc2-c2nn[nH]n2)cc1. The molecule has 0 aliphatic rings. The van der Waals surface area contributed by atoms with Gasteiger partial charge in [-0.05, 0) is 35.2 Å². The molecule has 11 heteroatoms. The number of aromatic amines is 1. The van der Waals surface area contributed by atoms with Crippen molar-refractivity contribution in [3.05, 3.63) is 93.9 Å². The van der Waals surface area contributed by atoms with Crippen LogP contribution in [0.4, 0.5) is 0 Å². The van der Waals surface area contributed by atoms with E-state index >= 15 is 0 Å². The molecule has 0 fully saturated rings. The predicted molar refractivity (Wildman–Crippen MR) is 131 cm³/mol. The molecule has 37 heavy (non-hydrogen) atoms. The summed E-state index contributed by atoms with van der Waals surface area (Å²) in [6.07, 6.45) is 3.09. The molecule has 5 aromatic rings. The molecule has 0 saturated heterocycles. The van der Waals surface area contributed by atoms with Gasteiger partial charge in [0.1, 0.15) is 11.5 Å². The van der Waals surface area contributed by atoms with Gasteiger partial charge in [-0.15, -0.1) is 10.2 Å². The normalized spacial score (nSPS) is 11.1. The Labute approximate surface area is 211 Å². The van der Waals surface area contributed by atoms with Crippen molar-refractivity contribution in [2.75, 3.05) is 0 Å². The van der Waals surface area contributed by atoms with Gasteiger partial charge >= 0.3 is 11.8 Å². The highest BCUT2D eigenvalue weighted by atomic mass is 16.6. The Hall–Kier alpha value is -4.80. The number of ether oxygens (including phenoxy) is 1. The van der Waals surface area contributed by atoms with E-state index < -0.39 is 11.8 Å². The first-order valence-electron chi connectivity index (χ1n) is 11.8. The van der Waals surface area contributed by atoms with E-state index in [4.69, 9.17) is 13.6 Å². The third kappa shape index (κ3) is 5.10. The van der Waals surface area contributed by atoms with Gasteiger partial charge in [0.05, 0.1) is 6.20 Å². The van der Waals surface area contributed by atoms with Gasteiger partial charge in [0.2, 0.25) is 5.82 Å². The molecule has 0 amide bonds. The fourth-order valence-corrected chi connectivity index (χ4v) is 4.07. The Morgan fingerprint density at radius 2 is 1.86 bits per heavy atom. The van der Waals surface area contributed by atoms with Crippen molar-refractivity contribution in [3.63, 3.8) is 0 Å². The van der Waals surface area contributed by atoms with E-state index in [1.807, 2.05) is 53.1 Å². The average molecular weight is 501 g/mol. The van der Waals surface area contributed by atoms with Crippen LogP contribution in [0.2, 0.25) is 0 Å². The molecular weight excluding hydrogens is 476 g/mol. The summed E-state index contributed by atoms with van der Waals surface area (Å²) in [7, 11) is 0. The van der Waals surface area contributed by atoms with Crippen molar-refractivity contribution in [2.24, 2.45) is 0 Å². The van der Waals surface area contributed by atoms with E-state index in [0.29, 0.717) is 24.5 Å². The second-order valence-corrected chi connectivity index (χ2v) is 8.38. The largest absolute Gasteiger partial charge is 0.519 e. The van der Waals surface area contributed by atoms with Crippen molar-refractivity contribution in [2.45, 2.75) is 39.8 Å². The number of aromatic nitrogens is 6. The van der Waals surface area contributed by atoms with Gasteiger partial charge in [-0.2, -0.15) is 5.21 Å². The Kier molecular flexibility index (Phi) is 6.75. The zero-order valence-corrected chi connectivity index (χ0v) is 20.3. The van der Waals surface area contributed by atoms with Crippen LogP contribution in [0.25, 0.3) is 22.5 Å². The molecule has 2 aromatic carbocycles. The van der Waals surface area contributed by atoms with Crippen LogP contribution in [0.1, 0.15) is 46.7 Å². The maximum Gasteiger partial charge on any atom is 0.519 e. The molecule has 0 aliphatic heterocycles. The zero-order chi connectivity index (χ0) is 25.8. The number of esters is 1. The minimum atomic E-state index is -0.831. The van der Waals surface area contributed by atoms with Crippen LogP contribution < -0.4 is 5.82 Å². The summed E-state index contributed by atoms with van der Waals surface area (Å²) in [6.45, 7) is 3.85. The molecule has 0 atom stereocenters. The van der Waals surface area contributed by atoms with Crippen LogP contribution in [-0.4, -0.2) is 36.1 Å². The van der Waals surface area contributed by atoms with Gasteiger partial charge in [-0.1, -0.05) is 55.5 Å². The number of aryl methyl sites for hydroxylation is 2. The quantitative estimate of drug-likeness (QED) is 0.298. The minimum Gasteiger partial charge on any atom is -0.453 e. The van der Waals surface area contributed by atoms with Crippen LogP contribution in [0.3, 0.4) is 0 Å². The van der Waals surface area contributed by atoms with Crippen molar-refractivity contribution in [3.8, 4) is 22.5 Å². The summed E-state index contributed by atoms with van der Waals surface area (Å²) < 4.78 is 17.0. The molecule has 0 aliphatic carbocycles. The first kappa shape index (κ1) is 23.9. The van der Waals surface area contributed by atoms with Crippen molar-refractivity contribution in [1.82, 2.24) is 30.2 Å². The van der Waals surface area contributed by atoms with E-state index in [1.54, 1.807) is 6.92 Å². The fraction of sp³-hybridized carbons (Fsp3) is 0.231. The summed E-state index contributed by atoms with van der Waals surface area (Å²) in [5, 5.41) is 14.4. The van der Waals surface area contributed by atoms with Gasteiger partial charge in [0.25, 0.3) is 0 Å². The predicted octanol–water partition coefficient (Wildman–Crippen LogP) is 3.94. The van der Waals surface area contributed by atoms with Crippen LogP contribution in [0.15, 0.2) is 68.4 Å². The number of hydrogen-bond donors (Lipinski definition) is 1. The number of nitrogens with zero attached hydrogens (tertiary/aromatic N) is 5. The highest BCUT2D eigenvalue weighted by Gasteiger charge is 2.20. The van der Waals surface area contributed by atoms with Gasteiger partial charge in [0.15, 0.2) is 18.1 Å². The number of hydrogen-bond acceptors (Lipinski definition) is 9. The number of imidazole rings is 1. The molecule has 188 valence electrons. The number of carbonyl (C=O) groups is 1. The second-order valence-electron chi connectivity index (χ2n) is 8.38. The lowest BCUT2D eigenvalue weighted by atomic mass is 9.98. The van der Waals surface area contributed by atoms with E-state index in [-0.39, 0.29) is 18.1 Å². The van der Waals surface area contributed by atoms with Crippen molar-refractivity contribution >= 4 is 5.97 Å². The number of benzene rings is 2. The monoisotopic (exact) mass is 500 g/mol. The average Bonchev–Trinajstić information content (AvgIpc) is 3.65. The molecule has 0 unspecified atom stereocenters. The van der Waals surface area contributed by atoms with Crippen LogP contribution in [0, 0.1) is 6.92 Å². The van der Waals surface area contributed by atoms with Gasteiger partial charge in [0, 0.05) is 18.5 Å². The molecule has 3 heterocycles. The van der Waals surface area contributed by atoms with Crippen LogP contribution in [0.5, 0.6) is 0 Å². The standard InChI is InChI=1S/C26H24N6O5/c1-3-6-23-27-13-21(25(33)35-15-22-16(2)36-26(34)37-22)32(23)14-17-9-11-18(12-10-17)19-7-4-5-8-20(19)24-28-30-31-29-24/h4-5,7-13H,3,6,14-15H2,1-2H3,(H,28,29,30,31). The van der Waals surface area contributed by atoms with Gasteiger partial charge < -0.3 is 18.1 Å². The Morgan fingerprint density at radius 1 is 1.08 bits per heavy atom. The smallest absolute Gasteiger partial charge is 0.453 e. The van der Waals surface area contributed by atoms with Gasteiger partial charge in [-0.25, -0.2) is 14.6 Å². The molecule has 0 radical (unpaired) electrons. The van der Waals surface area contributed by atoms with E-state index in [0.717, 1.165) is 34.5 Å². The zero-order valence-electron chi connectivity index (χ0n) is 20.3. The van der Waals surface area contributed by atoms with Crippen molar-refractivity contribution in [1.29, 1.82) is 0 Å². The first-order valence-corrected chi connectivity index (χ1v) is 11.8. The lowest BCUT2D eigenvalue weighted by molar-refractivity contribution is 0.0430. The molecule has 11 nitrogen and oxygen atoms in total. The summed E-state index contributed by atoms with van der Waals surface area (Å²) in [4.78, 5) is 28.6. The molecular formula is C26H24N6O5. The Bertz CT molecular complexity index is 1560. The van der Waals surface area contributed by atoms with E-state index in [2.05, 4.69) is 32.5 Å². The minimum absolute atomic E-state index is 0.176. The summed E-state index contributed by atoms with van der Waals surface area (Å²) in [5.74, 6) is 0.363. The molecule has 0 bridgehead atoms. The topological polar surface area (TPSA) is 142 Å². The van der Waals surface area contributed by atoms with E-state index in [9.17, 15) is 9.59 Å².